The van der Waals surface area contributed by atoms with Gasteiger partial charge in [0.2, 0.25) is 0 Å². The predicted molar refractivity (Wildman–Crippen MR) is 145 cm³/mol. The number of rotatable bonds is 6. The number of para-hydroxylation sites is 2. The molecule has 0 saturated heterocycles. The maximum atomic E-state index is 14.0. The van der Waals surface area contributed by atoms with Gasteiger partial charge in [0.1, 0.15) is 11.5 Å². The van der Waals surface area contributed by atoms with Gasteiger partial charge >= 0.3 is 5.97 Å². The molecule has 0 amide bonds. The van der Waals surface area contributed by atoms with Gasteiger partial charge in [-0.1, -0.05) is 72.0 Å². The first-order valence-electron chi connectivity index (χ1n) is 12.2. The molecule has 1 N–H and O–H groups in total. The van der Waals surface area contributed by atoms with E-state index >= 15 is 0 Å². The van der Waals surface area contributed by atoms with Gasteiger partial charge in [0, 0.05) is 16.7 Å². The van der Waals surface area contributed by atoms with E-state index in [0.717, 1.165) is 35.2 Å². The predicted octanol–water partition coefficient (Wildman–Crippen LogP) is 3.79. The molecular weight excluding hydrogens is 500 g/mol. The first kappa shape index (κ1) is 23.9. The van der Waals surface area contributed by atoms with Gasteiger partial charge in [-0.2, -0.15) is 0 Å². The minimum absolute atomic E-state index is 0.164. The zero-order chi connectivity index (χ0) is 26.2. The highest BCUT2D eigenvalue weighted by Crippen LogP contribution is 2.43. The van der Waals surface area contributed by atoms with Crippen molar-refractivity contribution in [3.05, 3.63) is 120 Å². The summed E-state index contributed by atoms with van der Waals surface area (Å²) in [6.07, 6.45) is 3.40. The molecule has 7 nitrogen and oxygen atoms in total. The van der Waals surface area contributed by atoms with E-state index in [-0.39, 0.29) is 11.6 Å². The summed E-state index contributed by atoms with van der Waals surface area (Å²) in [7, 11) is 1.64. The fraction of sp³-hybridized carbons (Fsp3) is 0.167. The number of carboxylic acid groups (broad SMARTS) is 1. The smallest absolute Gasteiger partial charge is 0.341 e. The molecule has 1 aromatic heterocycles. The van der Waals surface area contributed by atoms with Crippen molar-refractivity contribution in [2.45, 2.75) is 18.9 Å². The number of allylic oxidation sites excluding steroid dienone is 1. The first-order valence-corrected chi connectivity index (χ1v) is 13.1. The number of aromatic nitrogens is 1. The van der Waals surface area contributed by atoms with E-state index in [1.54, 1.807) is 36.0 Å². The van der Waals surface area contributed by atoms with Gasteiger partial charge in [0.25, 0.3) is 5.56 Å². The van der Waals surface area contributed by atoms with Crippen LogP contribution in [-0.2, 0) is 11.2 Å². The molecule has 1 aliphatic carbocycles. The SMILES string of the molecule is COc1ccccc1C1C2=C(N=c3s/c(=C\c4ccccc4OCC(=O)O)c(=O)n31)c1ccccc1CC2. The van der Waals surface area contributed by atoms with Crippen LogP contribution in [-0.4, -0.2) is 29.4 Å². The number of thiazole rings is 1. The number of aliphatic carboxylic acids is 1. The molecule has 4 aromatic rings. The molecule has 0 radical (unpaired) electrons. The average Bonchev–Trinajstić information content (AvgIpc) is 3.25. The highest BCUT2D eigenvalue weighted by atomic mass is 32.1. The summed E-state index contributed by atoms with van der Waals surface area (Å²) >= 11 is 1.31. The Hall–Kier alpha value is -4.43. The summed E-state index contributed by atoms with van der Waals surface area (Å²) in [4.78, 5) is 30.7. The van der Waals surface area contributed by atoms with Crippen LogP contribution in [0.15, 0.2) is 88.2 Å². The second kappa shape index (κ2) is 9.79. The summed E-state index contributed by atoms with van der Waals surface area (Å²) in [5, 5.41) is 9.05. The number of methoxy groups -OCH3 is 1. The van der Waals surface area contributed by atoms with E-state index < -0.39 is 12.6 Å². The van der Waals surface area contributed by atoms with Crippen molar-refractivity contribution in [3.63, 3.8) is 0 Å². The fourth-order valence-corrected chi connectivity index (χ4v) is 6.20. The lowest BCUT2D eigenvalue weighted by atomic mass is 9.83. The zero-order valence-electron chi connectivity index (χ0n) is 20.6. The van der Waals surface area contributed by atoms with Crippen LogP contribution in [0, 0.1) is 0 Å². The summed E-state index contributed by atoms with van der Waals surface area (Å²) in [6, 6.07) is 22.8. The van der Waals surface area contributed by atoms with Crippen LogP contribution in [0.5, 0.6) is 11.5 Å². The number of nitrogens with zero attached hydrogens (tertiary/aromatic N) is 2. The molecule has 0 spiro atoms. The number of benzene rings is 3. The van der Waals surface area contributed by atoms with E-state index in [9.17, 15) is 9.59 Å². The number of fused-ring (bicyclic) bond motifs is 3. The molecule has 3 aromatic carbocycles. The van der Waals surface area contributed by atoms with Crippen LogP contribution in [0.25, 0.3) is 11.8 Å². The maximum absolute atomic E-state index is 14.0. The Kier molecular flexibility index (Phi) is 6.17. The van der Waals surface area contributed by atoms with Crippen LogP contribution in [0.4, 0.5) is 0 Å². The van der Waals surface area contributed by atoms with E-state index in [1.165, 1.54) is 16.9 Å². The highest BCUT2D eigenvalue weighted by Gasteiger charge is 2.34. The molecule has 0 bridgehead atoms. The van der Waals surface area contributed by atoms with Gasteiger partial charge in [-0.05, 0) is 42.2 Å². The lowest BCUT2D eigenvalue weighted by Crippen LogP contribution is -2.39. The van der Waals surface area contributed by atoms with Gasteiger partial charge in [0.15, 0.2) is 11.4 Å². The number of hydrogen-bond donors (Lipinski definition) is 1. The highest BCUT2D eigenvalue weighted by molar-refractivity contribution is 7.07. The van der Waals surface area contributed by atoms with E-state index in [2.05, 4.69) is 12.1 Å². The fourth-order valence-electron chi connectivity index (χ4n) is 5.20. The van der Waals surface area contributed by atoms with Crippen molar-refractivity contribution in [2.24, 2.45) is 4.99 Å². The number of hydrogen-bond acceptors (Lipinski definition) is 6. The summed E-state index contributed by atoms with van der Waals surface area (Å²) in [6.45, 7) is -0.466. The molecule has 0 fully saturated rings. The van der Waals surface area contributed by atoms with Crippen LogP contribution in [0.2, 0.25) is 0 Å². The molecule has 190 valence electrons. The van der Waals surface area contributed by atoms with Crippen molar-refractivity contribution in [2.75, 3.05) is 13.7 Å². The van der Waals surface area contributed by atoms with E-state index in [4.69, 9.17) is 19.6 Å². The molecule has 1 atom stereocenters. The molecule has 1 aliphatic heterocycles. The zero-order valence-corrected chi connectivity index (χ0v) is 21.4. The normalized spacial score (nSPS) is 16.2. The van der Waals surface area contributed by atoms with Gasteiger partial charge in [-0.25, -0.2) is 9.79 Å². The molecule has 1 unspecified atom stereocenters. The van der Waals surface area contributed by atoms with Crippen molar-refractivity contribution < 1.29 is 19.4 Å². The Bertz CT molecular complexity index is 1780. The maximum Gasteiger partial charge on any atom is 0.341 e. The molecule has 2 heterocycles. The molecule has 0 saturated carbocycles. The van der Waals surface area contributed by atoms with Crippen molar-refractivity contribution in [3.8, 4) is 11.5 Å². The Balaban J connectivity index is 1.59. The number of carboxylic acids is 1. The Morgan fingerprint density at radius 1 is 1.05 bits per heavy atom. The van der Waals surface area contributed by atoms with Gasteiger partial charge in [-0.15, -0.1) is 0 Å². The lowest BCUT2D eigenvalue weighted by Gasteiger charge is -2.31. The van der Waals surface area contributed by atoms with Crippen LogP contribution >= 0.6 is 11.3 Å². The topological polar surface area (TPSA) is 90.1 Å². The second-order valence-electron chi connectivity index (χ2n) is 9.08. The minimum atomic E-state index is -1.07. The molecule has 2 aliphatic rings. The third kappa shape index (κ3) is 4.13. The van der Waals surface area contributed by atoms with Crippen molar-refractivity contribution >= 4 is 29.1 Å². The summed E-state index contributed by atoms with van der Waals surface area (Å²) in [5.41, 5.74) is 5.73. The Labute approximate surface area is 222 Å². The third-order valence-corrected chi connectivity index (χ3v) is 7.85. The molecule has 8 heteroatoms. The van der Waals surface area contributed by atoms with Gasteiger partial charge in [0.05, 0.1) is 23.4 Å². The Morgan fingerprint density at radius 2 is 1.79 bits per heavy atom. The molecule has 38 heavy (non-hydrogen) atoms. The average molecular weight is 525 g/mol. The minimum Gasteiger partial charge on any atom is -0.496 e. The van der Waals surface area contributed by atoms with E-state index in [0.29, 0.717) is 26.4 Å². The summed E-state index contributed by atoms with van der Waals surface area (Å²) in [5.74, 6) is 0.0455. The van der Waals surface area contributed by atoms with Crippen molar-refractivity contribution in [1.82, 2.24) is 4.57 Å². The van der Waals surface area contributed by atoms with Gasteiger partial charge < -0.3 is 14.6 Å². The quantitative estimate of drug-likeness (QED) is 0.415. The van der Waals surface area contributed by atoms with Crippen LogP contribution in [0.3, 0.4) is 0 Å². The Morgan fingerprint density at radius 3 is 2.61 bits per heavy atom. The molecular formula is C30H24N2O5S. The van der Waals surface area contributed by atoms with Crippen LogP contribution < -0.4 is 24.4 Å². The molecule has 6 rings (SSSR count). The van der Waals surface area contributed by atoms with Crippen molar-refractivity contribution in [1.29, 1.82) is 0 Å². The van der Waals surface area contributed by atoms with Gasteiger partial charge in [-0.3, -0.25) is 9.36 Å². The number of carbonyl (C=O) groups is 1. The lowest BCUT2D eigenvalue weighted by molar-refractivity contribution is -0.139. The van der Waals surface area contributed by atoms with E-state index in [1.807, 2.05) is 42.5 Å². The largest absolute Gasteiger partial charge is 0.496 e. The van der Waals surface area contributed by atoms with Crippen LogP contribution in [0.1, 0.15) is 34.7 Å². The number of aryl methyl sites for hydroxylation is 1. The second-order valence-corrected chi connectivity index (χ2v) is 10.1. The number of ether oxygens (including phenoxy) is 2. The standard InChI is InChI=1S/C30H24N2O5S/c1-36-24-13-7-5-11-21(24)28-22-15-14-18-8-2-4-10-20(18)27(22)31-30-32(28)29(35)25(38-30)16-19-9-3-6-12-23(19)37-17-26(33)34/h2-13,16,28H,14-15,17H2,1H3,(H,33,34)/b25-16-. The third-order valence-electron chi connectivity index (χ3n) is 6.86. The summed E-state index contributed by atoms with van der Waals surface area (Å²) < 4.78 is 13.5. The monoisotopic (exact) mass is 524 g/mol. The first-order chi connectivity index (χ1) is 18.5.